The number of fused-ring (bicyclic) bond motifs is 1. The van der Waals surface area contributed by atoms with Gasteiger partial charge in [-0.1, -0.05) is 19.1 Å². The van der Waals surface area contributed by atoms with E-state index in [0.29, 0.717) is 12.1 Å². The van der Waals surface area contributed by atoms with Crippen molar-refractivity contribution in [3.63, 3.8) is 0 Å². The van der Waals surface area contributed by atoms with Gasteiger partial charge < -0.3 is 10.4 Å². The number of Topliss-reactive ketones (excluding diaryl/α,β-unsaturated/α-hetero) is 1. The smallest absolute Gasteiger partial charge is 0.193 e. The number of allylic oxidation sites excluding steroid dienone is 1. The Kier molecular flexibility index (Phi) is 3.30. The fourth-order valence-corrected chi connectivity index (χ4v) is 2.20. The first kappa shape index (κ1) is 12.5. The third-order valence-corrected chi connectivity index (χ3v) is 3.12. The Bertz CT molecular complexity index is 546. The summed E-state index contributed by atoms with van der Waals surface area (Å²) in [6.45, 7) is 2.48. The highest BCUT2D eigenvalue weighted by Gasteiger charge is 2.30. The Morgan fingerprint density at radius 3 is 2.72 bits per heavy atom. The van der Waals surface area contributed by atoms with Gasteiger partial charge in [-0.05, 0) is 25.1 Å². The topological polar surface area (TPSA) is 66.4 Å². The minimum atomic E-state index is -0.259. The predicted octanol–water partition coefficient (Wildman–Crippen LogP) is 1.55. The van der Waals surface area contributed by atoms with E-state index in [1.54, 1.807) is 19.2 Å². The second kappa shape index (κ2) is 4.74. The van der Waals surface area contributed by atoms with Crippen molar-refractivity contribution in [2.75, 3.05) is 13.6 Å². The van der Waals surface area contributed by atoms with Gasteiger partial charge in [-0.25, -0.2) is 0 Å². The molecule has 0 saturated heterocycles. The van der Waals surface area contributed by atoms with Crippen LogP contribution in [-0.2, 0) is 0 Å². The molecule has 0 aromatic heterocycles. The number of nitrogens with one attached hydrogen (secondary N) is 1. The molecule has 1 aliphatic carbocycles. The van der Waals surface area contributed by atoms with Crippen molar-refractivity contribution in [3.8, 4) is 5.75 Å². The van der Waals surface area contributed by atoms with Gasteiger partial charge in [0, 0.05) is 17.7 Å². The van der Waals surface area contributed by atoms with E-state index in [4.69, 9.17) is 0 Å². The number of benzene rings is 1. The average molecular weight is 245 g/mol. The van der Waals surface area contributed by atoms with Crippen molar-refractivity contribution in [3.05, 3.63) is 41.0 Å². The standard InChI is InChI=1S/C14H15NO3/c1-8(7-15-2)10-6-12(17)9-4-3-5-11(16)13(9)14(10)18/h3-6,8,15-16H,7H2,1-2H3. The van der Waals surface area contributed by atoms with Crippen molar-refractivity contribution in [1.29, 1.82) is 0 Å². The molecule has 0 saturated carbocycles. The van der Waals surface area contributed by atoms with E-state index in [2.05, 4.69) is 5.32 Å². The zero-order valence-corrected chi connectivity index (χ0v) is 10.4. The molecular weight excluding hydrogens is 230 g/mol. The van der Waals surface area contributed by atoms with Gasteiger partial charge in [0.05, 0.1) is 5.56 Å². The first-order valence-corrected chi connectivity index (χ1v) is 5.83. The first-order chi connectivity index (χ1) is 8.56. The number of carbonyl (C=O) groups excluding carboxylic acids is 2. The summed E-state index contributed by atoms with van der Waals surface area (Å²) < 4.78 is 0. The van der Waals surface area contributed by atoms with E-state index in [1.807, 2.05) is 6.92 Å². The van der Waals surface area contributed by atoms with Gasteiger partial charge in [0.1, 0.15) is 5.75 Å². The monoisotopic (exact) mass is 245 g/mol. The van der Waals surface area contributed by atoms with Crippen LogP contribution >= 0.6 is 0 Å². The number of phenolic OH excluding ortho intramolecular Hbond substituents is 1. The van der Waals surface area contributed by atoms with Crippen LogP contribution in [-0.4, -0.2) is 30.3 Å². The highest BCUT2D eigenvalue weighted by molar-refractivity contribution is 6.25. The molecule has 2 N–H and O–H groups in total. The summed E-state index contributed by atoms with van der Waals surface area (Å²) in [5, 5.41) is 12.7. The Hall–Kier alpha value is -1.94. The molecule has 4 nitrogen and oxygen atoms in total. The SMILES string of the molecule is CNCC(C)C1=CC(=O)c2cccc(O)c2C1=O. The first-order valence-electron chi connectivity index (χ1n) is 5.83. The largest absolute Gasteiger partial charge is 0.507 e. The second-order valence-electron chi connectivity index (χ2n) is 4.45. The van der Waals surface area contributed by atoms with Crippen LogP contribution in [0.3, 0.4) is 0 Å². The van der Waals surface area contributed by atoms with Gasteiger partial charge in [-0.2, -0.15) is 0 Å². The van der Waals surface area contributed by atoms with Gasteiger partial charge in [0.25, 0.3) is 0 Å². The number of rotatable bonds is 3. The van der Waals surface area contributed by atoms with Crippen molar-refractivity contribution in [2.45, 2.75) is 6.92 Å². The Labute approximate surface area is 105 Å². The van der Waals surface area contributed by atoms with E-state index in [1.165, 1.54) is 12.1 Å². The van der Waals surface area contributed by atoms with Crippen LogP contribution in [0.1, 0.15) is 27.6 Å². The van der Waals surface area contributed by atoms with Crippen LogP contribution in [0.2, 0.25) is 0 Å². The number of phenols is 1. The molecular formula is C14H15NO3. The molecule has 2 rings (SSSR count). The van der Waals surface area contributed by atoms with E-state index < -0.39 is 0 Å². The summed E-state index contributed by atoms with van der Waals surface area (Å²) in [6.07, 6.45) is 1.38. The lowest BCUT2D eigenvalue weighted by atomic mass is 9.83. The van der Waals surface area contributed by atoms with Crippen molar-refractivity contribution < 1.29 is 14.7 Å². The lowest BCUT2D eigenvalue weighted by Gasteiger charge is -2.20. The van der Waals surface area contributed by atoms with E-state index >= 15 is 0 Å². The highest BCUT2D eigenvalue weighted by Crippen LogP contribution is 2.31. The summed E-state index contributed by atoms with van der Waals surface area (Å²) >= 11 is 0. The molecule has 94 valence electrons. The maximum absolute atomic E-state index is 12.3. The van der Waals surface area contributed by atoms with Crippen LogP contribution in [0.4, 0.5) is 0 Å². The second-order valence-corrected chi connectivity index (χ2v) is 4.45. The molecule has 0 heterocycles. The van der Waals surface area contributed by atoms with Gasteiger partial charge in [0.2, 0.25) is 0 Å². The molecule has 0 aliphatic heterocycles. The van der Waals surface area contributed by atoms with Gasteiger partial charge in [0.15, 0.2) is 11.6 Å². The molecule has 1 unspecified atom stereocenters. The summed E-state index contributed by atoms with van der Waals surface area (Å²) in [5.41, 5.74) is 0.853. The number of ketones is 2. The molecule has 1 aromatic rings. The predicted molar refractivity (Wildman–Crippen MR) is 67.9 cm³/mol. The maximum atomic E-state index is 12.3. The minimum Gasteiger partial charge on any atom is -0.507 e. The minimum absolute atomic E-state index is 0.0702. The quantitative estimate of drug-likeness (QED) is 0.848. The summed E-state index contributed by atoms with van der Waals surface area (Å²) in [5.74, 6) is -0.684. The number of hydrogen-bond acceptors (Lipinski definition) is 4. The molecule has 1 aromatic carbocycles. The van der Waals surface area contributed by atoms with E-state index in [-0.39, 0.29) is 34.4 Å². The third-order valence-electron chi connectivity index (χ3n) is 3.12. The Morgan fingerprint density at radius 2 is 2.06 bits per heavy atom. The molecule has 0 spiro atoms. The zero-order chi connectivity index (χ0) is 13.3. The zero-order valence-electron chi connectivity index (χ0n) is 10.4. The maximum Gasteiger partial charge on any atom is 0.193 e. The lowest BCUT2D eigenvalue weighted by molar-refractivity contribution is 0.0973. The Balaban J connectivity index is 2.49. The van der Waals surface area contributed by atoms with Gasteiger partial charge in [-0.15, -0.1) is 0 Å². The molecule has 0 bridgehead atoms. The summed E-state index contributed by atoms with van der Waals surface area (Å²) in [4.78, 5) is 24.2. The van der Waals surface area contributed by atoms with Crippen LogP contribution < -0.4 is 5.32 Å². The molecule has 0 radical (unpaired) electrons. The van der Waals surface area contributed by atoms with E-state index in [9.17, 15) is 14.7 Å². The molecule has 0 amide bonds. The van der Waals surface area contributed by atoms with Crippen LogP contribution in [0.25, 0.3) is 0 Å². The van der Waals surface area contributed by atoms with E-state index in [0.717, 1.165) is 0 Å². The highest BCUT2D eigenvalue weighted by atomic mass is 16.3. The summed E-state index contributed by atoms with van der Waals surface area (Å²) in [6, 6.07) is 4.55. The molecule has 1 atom stereocenters. The fourth-order valence-electron chi connectivity index (χ4n) is 2.20. The van der Waals surface area contributed by atoms with Gasteiger partial charge >= 0.3 is 0 Å². The van der Waals surface area contributed by atoms with Crippen molar-refractivity contribution in [2.24, 2.45) is 5.92 Å². The Morgan fingerprint density at radius 1 is 1.33 bits per heavy atom. The average Bonchev–Trinajstić information content (AvgIpc) is 2.33. The molecule has 1 aliphatic rings. The number of carbonyl (C=O) groups is 2. The van der Waals surface area contributed by atoms with Crippen LogP contribution in [0, 0.1) is 5.92 Å². The van der Waals surface area contributed by atoms with Crippen LogP contribution in [0.5, 0.6) is 5.75 Å². The molecule has 4 heteroatoms. The van der Waals surface area contributed by atoms with Gasteiger partial charge in [-0.3, -0.25) is 9.59 Å². The summed E-state index contributed by atoms with van der Waals surface area (Å²) in [7, 11) is 1.79. The normalized spacial score (nSPS) is 16.2. The molecule has 18 heavy (non-hydrogen) atoms. The molecule has 0 fully saturated rings. The van der Waals surface area contributed by atoms with Crippen molar-refractivity contribution >= 4 is 11.6 Å². The number of hydrogen-bond donors (Lipinski definition) is 2. The van der Waals surface area contributed by atoms with Crippen LogP contribution in [0.15, 0.2) is 29.8 Å². The third kappa shape index (κ3) is 1.95. The fraction of sp³-hybridized carbons (Fsp3) is 0.286. The number of aromatic hydroxyl groups is 1. The lowest BCUT2D eigenvalue weighted by Crippen LogP contribution is -2.26. The van der Waals surface area contributed by atoms with Crippen molar-refractivity contribution in [1.82, 2.24) is 5.32 Å².